The highest BCUT2D eigenvalue weighted by molar-refractivity contribution is 5.62. The van der Waals surface area contributed by atoms with Crippen molar-refractivity contribution >= 4 is 5.97 Å². The molecule has 3 rings (SSSR count). The standard InChI is InChI=1S/C15H16F2N2O2.C2H4O2/c16-12-2-1-3-13(17)11(12)7-10-6-9(4-5-18-10)14-8-15(20)19-21-14;1-2(3)4/h1-3,8-10,18H,4-7H2,(H,19,20);1H3,(H,3,4)/t9-,10-;/m1./s1. The van der Waals surface area contributed by atoms with E-state index in [1.54, 1.807) is 0 Å². The van der Waals surface area contributed by atoms with Crippen LogP contribution in [0.1, 0.15) is 37.0 Å². The Morgan fingerprint density at radius 2 is 2.00 bits per heavy atom. The molecule has 1 aromatic heterocycles. The summed E-state index contributed by atoms with van der Waals surface area (Å²) in [6.45, 7) is 1.81. The summed E-state index contributed by atoms with van der Waals surface area (Å²) >= 11 is 0. The Hall–Kier alpha value is -2.48. The lowest BCUT2D eigenvalue weighted by molar-refractivity contribution is -0.134. The van der Waals surface area contributed by atoms with Crippen LogP contribution in [-0.4, -0.2) is 28.8 Å². The molecule has 8 heteroatoms. The molecule has 0 radical (unpaired) electrons. The number of aromatic nitrogens is 1. The van der Waals surface area contributed by atoms with Crippen LogP contribution in [-0.2, 0) is 11.2 Å². The highest BCUT2D eigenvalue weighted by Crippen LogP contribution is 2.28. The molecule has 1 aliphatic rings. The lowest BCUT2D eigenvalue weighted by Crippen LogP contribution is -2.39. The van der Waals surface area contributed by atoms with Gasteiger partial charge in [-0.15, -0.1) is 0 Å². The number of carboxylic acid groups (broad SMARTS) is 1. The van der Waals surface area contributed by atoms with E-state index in [1.165, 1.54) is 24.3 Å². The van der Waals surface area contributed by atoms with E-state index in [4.69, 9.17) is 14.4 Å². The molecule has 25 heavy (non-hydrogen) atoms. The van der Waals surface area contributed by atoms with Gasteiger partial charge in [-0.2, -0.15) is 5.16 Å². The maximum Gasteiger partial charge on any atom is 0.300 e. The van der Waals surface area contributed by atoms with Gasteiger partial charge in [0.25, 0.3) is 11.5 Å². The Kier molecular flexibility index (Phi) is 6.46. The number of piperidine rings is 1. The molecule has 2 atom stereocenters. The zero-order valence-electron chi connectivity index (χ0n) is 13.7. The van der Waals surface area contributed by atoms with Crippen molar-refractivity contribution in [2.45, 2.75) is 38.1 Å². The van der Waals surface area contributed by atoms with Crippen molar-refractivity contribution in [2.75, 3.05) is 6.54 Å². The van der Waals surface area contributed by atoms with Gasteiger partial charge >= 0.3 is 0 Å². The molecular weight excluding hydrogens is 334 g/mol. The van der Waals surface area contributed by atoms with Gasteiger partial charge in [-0.3, -0.25) is 9.59 Å². The fourth-order valence-corrected chi connectivity index (χ4v) is 2.89. The second-order valence-electron chi connectivity index (χ2n) is 5.91. The molecule has 1 aliphatic heterocycles. The van der Waals surface area contributed by atoms with Gasteiger partial charge in [0.1, 0.15) is 17.4 Å². The molecule has 0 unspecified atom stereocenters. The van der Waals surface area contributed by atoms with Crippen molar-refractivity contribution in [3.05, 3.63) is 57.6 Å². The lowest BCUT2D eigenvalue weighted by Gasteiger charge is -2.29. The third-order valence-corrected chi connectivity index (χ3v) is 3.95. The summed E-state index contributed by atoms with van der Waals surface area (Å²) in [6.07, 6.45) is 1.79. The van der Waals surface area contributed by atoms with Crippen LogP contribution >= 0.6 is 0 Å². The molecule has 6 nitrogen and oxygen atoms in total. The van der Waals surface area contributed by atoms with E-state index in [2.05, 4.69) is 10.5 Å². The van der Waals surface area contributed by atoms with Crippen molar-refractivity contribution in [1.29, 1.82) is 0 Å². The monoisotopic (exact) mass is 354 g/mol. The SMILES string of the molecule is CC(=O)O.O=c1cc([C@@H]2CCN[C@@H](Cc3c(F)cccc3F)C2)o[nH]1. The molecule has 0 spiro atoms. The second-order valence-corrected chi connectivity index (χ2v) is 5.91. The van der Waals surface area contributed by atoms with Crippen LogP contribution in [0.4, 0.5) is 8.78 Å². The Morgan fingerprint density at radius 1 is 1.36 bits per heavy atom. The van der Waals surface area contributed by atoms with Gasteiger partial charge in [-0.25, -0.2) is 8.78 Å². The highest BCUT2D eigenvalue weighted by Gasteiger charge is 2.27. The molecule has 2 heterocycles. The highest BCUT2D eigenvalue weighted by atomic mass is 19.1. The van der Waals surface area contributed by atoms with Gasteiger partial charge < -0.3 is 14.9 Å². The number of aliphatic carboxylic acids is 1. The third kappa shape index (κ3) is 5.53. The fraction of sp³-hybridized carbons (Fsp3) is 0.412. The summed E-state index contributed by atoms with van der Waals surface area (Å²) < 4.78 is 32.5. The number of rotatable bonds is 3. The molecule has 0 saturated carbocycles. The van der Waals surface area contributed by atoms with Crippen LogP contribution in [0.5, 0.6) is 0 Å². The van der Waals surface area contributed by atoms with Crippen molar-refractivity contribution in [2.24, 2.45) is 0 Å². The molecule has 2 aromatic rings. The largest absolute Gasteiger partial charge is 0.481 e. The molecule has 1 saturated heterocycles. The Morgan fingerprint density at radius 3 is 2.56 bits per heavy atom. The molecule has 0 bridgehead atoms. The zero-order valence-corrected chi connectivity index (χ0v) is 13.7. The first-order chi connectivity index (χ1) is 11.9. The molecule has 3 N–H and O–H groups in total. The number of benzene rings is 1. The van der Waals surface area contributed by atoms with E-state index in [0.29, 0.717) is 12.2 Å². The van der Waals surface area contributed by atoms with Crippen LogP contribution in [0, 0.1) is 11.6 Å². The minimum Gasteiger partial charge on any atom is -0.481 e. The summed E-state index contributed by atoms with van der Waals surface area (Å²) in [4.78, 5) is 20.1. The number of aromatic amines is 1. The van der Waals surface area contributed by atoms with E-state index in [0.717, 1.165) is 19.9 Å². The first-order valence-electron chi connectivity index (χ1n) is 7.91. The van der Waals surface area contributed by atoms with E-state index < -0.39 is 17.6 Å². The van der Waals surface area contributed by atoms with E-state index in [9.17, 15) is 13.6 Å². The number of halogens is 2. The zero-order chi connectivity index (χ0) is 18.4. The van der Waals surface area contributed by atoms with Crippen molar-refractivity contribution in [1.82, 2.24) is 10.5 Å². The smallest absolute Gasteiger partial charge is 0.300 e. The van der Waals surface area contributed by atoms with Gasteiger partial charge in [-0.1, -0.05) is 6.07 Å². The topological polar surface area (TPSA) is 95.3 Å². The number of H-pyrrole nitrogens is 1. The minimum atomic E-state index is -0.833. The second kappa shape index (κ2) is 8.57. The van der Waals surface area contributed by atoms with Gasteiger partial charge in [-0.05, 0) is 37.9 Å². The van der Waals surface area contributed by atoms with E-state index in [1.807, 2.05) is 0 Å². The molecule has 1 aromatic carbocycles. The molecule has 0 amide bonds. The van der Waals surface area contributed by atoms with Crippen LogP contribution in [0.15, 0.2) is 33.6 Å². The molecule has 136 valence electrons. The van der Waals surface area contributed by atoms with Gasteiger partial charge in [0, 0.05) is 30.5 Å². The normalized spacial score (nSPS) is 19.8. The van der Waals surface area contributed by atoms with Gasteiger partial charge in [0.15, 0.2) is 0 Å². The number of hydrogen-bond donors (Lipinski definition) is 3. The van der Waals surface area contributed by atoms with Crippen LogP contribution in [0.2, 0.25) is 0 Å². The summed E-state index contributed by atoms with van der Waals surface area (Å²) in [5.74, 6) is -1.18. The van der Waals surface area contributed by atoms with E-state index in [-0.39, 0.29) is 29.5 Å². The molecule has 1 fully saturated rings. The maximum atomic E-state index is 13.7. The van der Waals surface area contributed by atoms with E-state index >= 15 is 0 Å². The third-order valence-electron chi connectivity index (χ3n) is 3.95. The first kappa shape index (κ1) is 18.9. The van der Waals surface area contributed by atoms with Gasteiger partial charge in [0.05, 0.1) is 0 Å². The van der Waals surface area contributed by atoms with Crippen molar-refractivity contribution < 1.29 is 23.2 Å². The molecule has 0 aliphatic carbocycles. The Balaban J connectivity index is 0.000000511. The Labute approximate surface area is 142 Å². The molecular formula is C17H20F2N2O4. The fourth-order valence-electron chi connectivity index (χ4n) is 2.89. The first-order valence-corrected chi connectivity index (χ1v) is 7.91. The Bertz CT molecular complexity index is 748. The summed E-state index contributed by atoms with van der Waals surface area (Å²) in [5.41, 5.74) is -0.161. The quantitative estimate of drug-likeness (QED) is 0.787. The predicted molar refractivity (Wildman–Crippen MR) is 86.5 cm³/mol. The number of carboxylic acids is 1. The van der Waals surface area contributed by atoms with Crippen LogP contribution in [0.3, 0.4) is 0 Å². The minimum absolute atomic E-state index is 0.0460. The van der Waals surface area contributed by atoms with Crippen LogP contribution in [0.25, 0.3) is 0 Å². The summed E-state index contributed by atoms with van der Waals surface area (Å²) in [5, 5.41) is 13.0. The number of carbonyl (C=O) groups is 1. The van der Waals surface area contributed by atoms with Crippen molar-refractivity contribution in [3.8, 4) is 0 Å². The maximum absolute atomic E-state index is 13.7. The lowest BCUT2D eigenvalue weighted by atomic mass is 9.87. The average molecular weight is 354 g/mol. The summed E-state index contributed by atoms with van der Waals surface area (Å²) in [6, 6.07) is 5.29. The summed E-state index contributed by atoms with van der Waals surface area (Å²) in [7, 11) is 0. The van der Waals surface area contributed by atoms with Crippen molar-refractivity contribution in [3.63, 3.8) is 0 Å². The average Bonchev–Trinajstić information content (AvgIpc) is 2.97. The number of nitrogens with one attached hydrogen (secondary N) is 2. The van der Waals surface area contributed by atoms with Gasteiger partial charge in [0.2, 0.25) is 0 Å². The van der Waals surface area contributed by atoms with Crippen LogP contribution < -0.4 is 10.9 Å². The predicted octanol–water partition coefficient (Wildman–Crippen LogP) is 2.42. The number of hydrogen-bond acceptors (Lipinski definition) is 4.